The summed E-state index contributed by atoms with van der Waals surface area (Å²) in [6.07, 6.45) is 0. The zero-order chi connectivity index (χ0) is 8.55. The number of nitro benzene ring substituents is 1. The van der Waals surface area contributed by atoms with Gasteiger partial charge in [0.1, 0.15) is 0 Å². The Balaban J connectivity index is 2.68. The number of fused-ring (bicyclic) bond motifs is 1. The maximum Gasteiger partial charge on any atom is 0.270 e. The first-order chi connectivity index (χ1) is 5.77. The van der Waals surface area contributed by atoms with Crippen LogP contribution in [0.4, 0.5) is 5.69 Å². The van der Waals surface area contributed by atoms with Gasteiger partial charge in [0.15, 0.2) is 0 Å². The van der Waals surface area contributed by atoms with Gasteiger partial charge in [0.05, 0.1) is 4.92 Å². The molecule has 0 spiro atoms. The Hall–Kier alpha value is -1.42. The Morgan fingerprint density at radius 2 is 2.33 bits per heavy atom. The minimum atomic E-state index is -0.398. The van der Waals surface area contributed by atoms with Crippen molar-refractivity contribution in [3.8, 4) is 0 Å². The fourth-order valence-corrected chi connectivity index (χ4v) is 1.71. The van der Waals surface area contributed by atoms with E-state index in [0.717, 1.165) is 10.1 Å². The lowest BCUT2D eigenvalue weighted by atomic mass is 10.2. The average Bonchev–Trinajstić information content (AvgIpc) is 2.49. The number of hydrogen-bond donors (Lipinski definition) is 0. The van der Waals surface area contributed by atoms with Gasteiger partial charge in [-0.25, -0.2) is 0 Å². The lowest BCUT2D eigenvalue weighted by molar-refractivity contribution is -0.384. The van der Waals surface area contributed by atoms with Crippen LogP contribution in [-0.4, -0.2) is 4.92 Å². The Morgan fingerprint density at radius 1 is 1.50 bits per heavy atom. The summed E-state index contributed by atoms with van der Waals surface area (Å²) in [7, 11) is 0. The average molecular weight is 178 g/mol. The first kappa shape index (κ1) is 7.24. The maximum atomic E-state index is 10.4. The van der Waals surface area contributed by atoms with E-state index >= 15 is 0 Å². The van der Waals surface area contributed by atoms with E-state index in [0.29, 0.717) is 0 Å². The minimum Gasteiger partial charge on any atom is -0.258 e. The lowest BCUT2D eigenvalue weighted by Gasteiger charge is -1.89. The van der Waals surface area contributed by atoms with Gasteiger partial charge in [-0.15, -0.1) is 11.3 Å². The van der Waals surface area contributed by atoms with Gasteiger partial charge in [0.25, 0.3) is 5.69 Å². The number of rotatable bonds is 1. The highest BCUT2D eigenvalue weighted by Crippen LogP contribution is 2.24. The molecule has 1 aromatic carbocycles. The molecular formula is C8H4NO2S. The molecule has 4 heteroatoms. The molecular weight excluding hydrogens is 174 g/mol. The monoisotopic (exact) mass is 178 g/mol. The zero-order valence-corrected chi connectivity index (χ0v) is 6.80. The van der Waals surface area contributed by atoms with Crippen LogP contribution in [0.15, 0.2) is 23.6 Å². The van der Waals surface area contributed by atoms with E-state index in [1.165, 1.54) is 23.5 Å². The second-order valence-corrected chi connectivity index (χ2v) is 3.23. The van der Waals surface area contributed by atoms with E-state index in [1.807, 2.05) is 0 Å². The van der Waals surface area contributed by atoms with Gasteiger partial charge in [-0.1, -0.05) is 0 Å². The molecule has 0 saturated heterocycles. The minimum absolute atomic E-state index is 0.122. The standard InChI is InChI=1S/C8H4NO2S/c10-9(11)7-1-2-8-6(5-7)3-4-12-8/h1-2,4-5H. The molecule has 0 atom stereocenters. The van der Waals surface area contributed by atoms with Crippen molar-refractivity contribution in [2.45, 2.75) is 0 Å². The fourth-order valence-electron chi connectivity index (χ4n) is 1.00. The summed E-state index contributed by atoms with van der Waals surface area (Å²) in [6.45, 7) is 0. The molecule has 3 nitrogen and oxygen atoms in total. The topological polar surface area (TPSA) is 43.1 Å². The number of thiophene rings is 1. The Bertz CT molecular complexity index is 435. The third-order valence-electron chi connectivity index (χ3n) is 1.57. The van der Waals surface area contributed by atoms with Gasteiger partial charge < -0.3 is 0 Å². The van der Waals surface area contributed by atoms with Gasteiger partial charge in [0, 0.05) is 28.3 Å². The largest absolute Gasteiger partial charge is 0.270 e. The van der Waals surface area contributed by atoms with Crippen LogP contribution in [0.3, 0.4) is 0 Å². The van der Waals surface area contributed by atoms with Gasteiger partial charge in [-0.2, -0.15) is 0 Å². The summed E-state index contributed by atoms with van der Waals surface area (Å²) in [5, 5.41) is 13.0. The zero-order valence-electron chi connectivity index (χ0n) is 5.98. The van der Waals surface area contributed by atoms with Crippen LogP contribution in [0.2, 0.25) is 0 Å². The van der Waals surface area contributed by atoms with Crippen LogP contribution in [0.1, 0.15) is 0 Å². The van der Waals surface area contributed by atoms with Crippen LogP contribution < -0.4 is 0 Å². The smallest absolute Gasteiger partial charge is 0.258 e. The summed E-state index contributed by atoms with van der Waals surface area (Å²) in [6, 6.07) is 7.71. The predicted molar refractivity (Wildman–Crippen MR) is 47.3 cm³/mol. The number of nitro groups is 1. The molecule has 0 amide bonds. The maximum absolute atomic E-state index is 10.4. The molecule has 12 heavy (non-hydrogen) atoms. The van der Waals surface area contributed by atoms with Crippen LogP contribution in [0.5, 0.6) is 0 Å². The molecule has 0 aliphatic carbocycles. The highest BCUT2D eigenvalue weighted by atomic mass is 32.1. The van der Waals surface area contributed by atoms with E-state index in [9.17, 15) is 10.1 Å². The Morgan fingerprint density at radius 3 is 3.08 bits per heavy atom. The van der Waals surface area contributed by atoms with Gasteiger partial charge in [-0.3, -0.25) is 10.1 Å². The Kier molecular flexibility index (Phi) is 1.55. The summed E-state index contributed by atoms with van der Waals surface area (Å²) in [5.74, 6) is 0. The normalized spacial score (nSPS) is 10.3. The predicted octanol–water partition coefficient (Wildman–Crippen LogP) is 2.61. The molecule has 0 bridgehead atoms. The second-order valence-electron chi connectivity index (χ2n) is 2.32. The molecule has 0 aliphatic heterocycles. The summed E-state index contributed by atoms with van der Waals surface area (Å²) in [5.41, 5.74) is 0.122. The quantitative estimate of drug-likeness (QED) is 0.497. The van der Waals surface area contributed by atoms with E-state index < -0.39 is 4.92 Å². The van der Waals surface area contributed by atoms with Crippen molar-refractivity contribution in [2.24, 2.45) is 0 Å². The summed E-state index contributed by atoms with van der Waals surface area (Å²) < 4.78 is 1.03. The molecule has 59 valence electrons. The van der Waals surface area contributed by atoms with Crippen LogP contribution in [-0.2, 0) is 0 Å². The van der Waals surface area contributed by atoms with Crippen LogP contribution >= 0.6 is 11.3 Å². The van der Waals surface area contributed by atoms with E-state index in [1.54, 1.807) is 11.4 Å². The third-order valence-corrected chi connectivity index (χ3v) is 2.42. The molecule has 0 fully saturated rings. The van der Waals surface area contributed by atoms with Gasteiger partial charge in [0.2, 0.25) is 0 Å². The van der Waals surface area contributed by atoms with E-state index in [-0.39, 0.29) is 5.69 Å². The highest BCUT2D eigenvalue weighted by Gasteiger charge is 2.05. The second kappa shape index (κ2) is 2.57. The van der Waals surface area contributed by atoms with Crippen molar-refractivity contribution in [1.29, 1.82) is 0 Å². The molecule has 0 unspecified atom stereocenters. The SMILES string of the molecule is O=[N+]([O-])c1ccc2sc[c]c2c1. The van der Waals surface area contributed by atoms with Gasteiger partial charge in [-0.05, 0) is 11.4 Å². The van der Waals surface area contributed by atoms with Crippen molar-refractivity contribution in [2.75, 3.05) is 0 Å². The van der Waals surface area contributed by atoms with Crippen LogP contribution in [0.25, 0.3) is 10.1 Å². The number of benzene rings is 1. The number of nitrogens with zero attached hydrogens (tertiary/aromatic N) is 1. The molecule has 1 radical (unpaired) electrons. The molecule has 1 aromatic heterocycles. The van der Waals surface area contributed by atoms with Crippen molar-refractivity contribution in [3.05, 3.63) is 39.8 Å². The third kappa shape index (κ3) is 1.06. The number of hydrogen-bond acceptors (Lipinski definition) is 3. The first-order valence-corrected chi connectivity index (χ1v) is 4.18. The van der Waals surface area contributed by atoms with E-state index in [2.05, 4.69) is 6.07 Å². The molecule has 0 aliphatic rings. The highest BCUT2D eigenvalue weighted by molar-refractivity contribution is 7.17. The summed E-state index contributed by atoms with van der Waals surface area (Å²) >= 11 is 1.53. The molecule has 0 N–H and O–H groups in total. The van der Waals surface area contributed by atoms with Crippen molar-refractivity contribution >= 4 is 27.1 Å². The van der Waals surface area contributed by atoms with Crippen LogP contribution in [0, 0.1) is 16.2 Å². The van der Waals surface area contributed by atoms with Crippen molar-refractivity contribution in [3.63, 3.8) is 0 Å². The van der Waals surface area contributed by atoms with Gasteiger partial charge >= 0.3 is 0 Å². The molecule has 2 aromatic rings. The fraction of sp³-hybridized carbons (Fsp3) is 0. The molecule has 0 saturated carbocycles. The lowest BCUT2D eigenvalue weighted by Crippen LogP contribution is -1.85. The first-order valence-electron chi connectivity index (χ1n) is 3.31. The van der Waals surface area contributed by atoms with Crippen molar-refractivity contribution in [1.82, 2.24) is 0 Å². The Labute approximate surface area is 72.4 Å². The van der Waals surface area contributed by atoms with E-state index in [4.69, 9.17) is 0 Å². The van der Waals surface area contributed by atoms with Crippen molar-refractivity contribution < 1.29 is 4.92 Å². The molecule has 2 rings (SSSR count). The number of non-ortho nitro benzene ring substituents is 1. The molecule has 1 heterocycles. The summed E-state index contributed by atoms with van der Waals surface area (Å²) in [4.78, 5) is 9.96.